The van der Waals surface area contributed by atoms with Crippen LogP contribution in [0.1, 0.15) is 18.7 Å². The van der Waals surface area contributed by atoms with Crippen molar-refractivity contribution in [1.82, 2.24) is 25.3 Å². The molecule has 1 aromatic carbocycles. The molecule has 0 aliphatic rings. The predicted molar refractivity (Wildman–Crippen MR) is 105 cm³/mol. The summed E-state index contributed by atoms with van der Waals surface area (Å²) < 4.78 is 1.75. The fourth-order valence-corrected chi connectivity index (χ4v) is 2.89. The molecule has 26 heavy (non-hydrogen) atoms. The Balaban J connectivity index is 1.75. The molecule has 0 bridgehead atoms. The molecule has 0 unspecified atom stereocenters. The number of hydrogen-bond donors (Lipinski definition) is 2. The van der Waals surface area contributed by atoms with Gasteiger partial charge in [-0.3, -0.25) is 4.98 Å². The standard InChI is InChI=1S/C17H14Br2N6O/c1-10(24-17(26)25-11-3-4-12(18)13(19)9-11)14-15(21-8-7-20-14)16-22-5-2-6-23-16/h2-10H,1H3,(H2,24,25,26)/t10-/m0/s1. The van der Waals surface area contributed by atoms with Gasteiger partial charge in [-0.05, 0) is 63.0 Å². The van der Waals surface area contributed by atoms with Crippen LogP contribution in [0.15, 0.2) is 58.0 Å². The molecular formula is C17H14Br2N6O. The lowest BCUT2D eigenvalue weighted by atomic mass is 10.1. The van der Waals surface area contributed by atoms with Gasteiger partial charge in [-0.1, -0.05) is 0 Å². The minimum Gasteiger partial charge on any atom is -0.330 e. The zero-order chi connectivity index (χ0) is 18.5. The van der Waals surface area contributed by atoms with E-state index in [0.29, 0.717) is 22.9 Å². The highest BCUT2D eigenvalue weighted by Gasteiger charge is 2.18. The van der Waals surface area contributed by atoms with Gasteiger partial charge in [0.05, 0.1) is 11.7 Å². The van der Waals surface area contributed by atoms with Crippen molar-refractivity contribution in [3.05, 3.63) is 63.7 Å². The maximum absolute atomic E-state index is 12.3. The zero-order valence-corrected chi connectivity index (χ0v) is 16.8. The molecule has 3 aromatic rings. The number of nitrogens with zero attached hydrogens (tertiary/aromatic N) is 4. The molecule has 9 heteroatoms. The van der Waals surface area contributed by atoms with Gasteiger partial charge < -0.3 is 10.6 Å². The molecule has 2 amide bonds. The van der Waals surface area contributed by atoms with Crippen LogP contribution in [-0.2, 0) is 0 Å². The fourth-order valence-electron chi connectivity index (χ4n) is 2.27. The molecule has 132 valence electrons. The summed E-state index contributed by atoms with van der Waals surface area (Å²) in [6, 6.07) is 6.44. The maximum Gasteiger partial charge on any atom is 0.319 e. The normalized spacial score (nSPS) is 11.7. The Bertz CT molecular complexity index is 922. The van der Waals surface area contributed by atoms with Crippen molar-refractivity contribution in [1.29, 1.82) is 0 Å². The number of halogens is 2. The number of urea groups is 1. The summed E-state index contributed by atoms with van der Waals surface area (Å²) in [7, 11) is 0. The molecule has 0 spiro atoms. The number of carbonyl (C=O) groups is 1. The van der Waals surface area contributed by atoms with E-state index in [2.05, 4.69) is 62.4 Å². The first-order valence-corrected chi connectivity index (χ1v) is 9.24. The minimum absolute atomic E-state index is 0.350. The van der Waals surface area contributed by atoms with E-state index in [1.54, 1.807) is 43.0 Å². The van der Waals surface area contributed by atoms with Gasteiger partial charge >= 0.3 is 6.03 Å². The van der Waals surface area contributed by atoms with Crippen molar-refractivity contribution >= 4 is 43.6 Å². The van der Waals surface area contributed by atoms with E-state index < -0.39 is 0 Å². The number of anilines is 1. The third-order valence-electron chi connectivity index (χ3n) is 3.44. The second-order valence-corrected chi connectivity index (χ2v) is 7.02. The SMILES string of the molecule is C[C@H](NC(=O)Nc1ccc(Br)c(Br)c1)c1nccnc1-c1ncccn1. The van der Waals surface area contributed by atoms with Crippen LogP contribution in [-0.4, -0.2) is 26.0 Å². The Morgan fingerprint density at radius 3 is 2.46 bits per heavy atom. The van der Waals surface area contributed by atoms with Crippen molar-refractivity contribution in [3.63, 3.8) is 0 Å². The number of carbonyl (C=O) groups excluding carboxylic acids is 1. The summed E-state index contributed by atoms with van der Waals surface area (Å²) in [5, 5.41) is 5.64. The number of amides is 2. The smallest absolute Gasteiger partial charge is 0.319 e. The second kappa shape index (κ2) is 8.33. The Morgan fingerprint density at radius 2 is 1.73 bits per heavy atom. The van der Waals surface area contributed by atoms with E-state index >= 15 is 0 Å². The number of rotatable bonds is 4. The van der Waals surface area contributed by atoms with Gasteiger partial charge in [0.15, 0.2) is 5.82 Å². The number of hydrogen-bond acceptors (Lipinski definition) is 5. The molecule has 0 saturated carbocycles. The molecule has 0 saturated heterocycles. The first-order valence-electron chi connectivity index (χ1n) is 7.65. The highest BCUT2D eigenvalue weighted by atomic mass is 79.9. The van der Waals surface area contributed by atoms with Crippen LogP contribution in [0.5, 0.6) is 0 Å². The van der Waals surface area contributed by atoms with Gasteiger partial charge in [0.1, 0.15) is 5.69 Å². The molecule has 7 nitrogen and oxygen atoms in total. The van der Waals surface area contributed by atoms with Crippen LogP contribution in [0.3, 0.4) is 0 Å². The fraction of sp³-hybridized carbons (Fsp3) is 0.118. The lowest BCUT2D eigenvalue weighted by molar-refractivity contribution is 0.249. The number of aromatic nitrogens is 4. The zero-order valence-electron chi connectivity index (χ0n) is 13.6. The average Bonchev–Trinajstić information content (AvgIpc) is 2.65. The largest absolute Gasteiger partial charge is 0.330 e. The molecule has 3 rings (SSSR count). The van der Waals surface area contributed by atoms with E-state index in [-0.39, 0.29) is 12.1 Å². The first kappa shape index (κ1) is 18.4. The van der Waals surface area contributed by atoms with Gasteiger partial charge in [0.2, 0.25) is 0 Å². The maximum atomic E-state index is 12.3. The van der Waals surface area contributed by atoms with Gasteiger partial charge in [-0.2, -0.15) is 0 Å². The summed E-state index contributed by atoms with van der Waals surface area (Å²) >= 11 is 6.80. The summed E-state index contributed by atoms with van der Waals surface area (Å²) in [4.78, 5) is 29.4. The lowest BCUT2D eigenvalue weighted by Crippen LogP contribution is -2.32. The predicted octanol–water partition coefficient (Wildman–Crippen LogP) is 4.34. The Morgan fingerprint density at radius 1 is 1.00 bits per heavy atom. The molecule has 2 heterocycles. The average molecular weight is 478 g/mol. The highest BCUT2D eigenvalue weighted by Crippen LogP contribution is 2.26. The Kier molecular flexibility index (Phi) is 5.89. The summed E-state index contributed by atoms with van der Waals surface area (Å²) in [5.74, 6) is 0.460. The van der Waals surface area contributed by atoms with E-state index in [0.717, 1.165) is 8.95 Å². The third-order valence-corrected chi connectivity index (χ3v) is 5.32. The van der Waals surface area contributed by atoms with Crippen LogP contribution < -0.4 is 10.6 Å². The summed E-state index contributed by atoms with van der Waals surface area (Å²) in [6.07, 6.45) is 6.42. The Hall–Kier alpha value is -2.39. The number of benzene rings is 1. The van der Waals surface area contributed by atoms with Crippen LogP contribution in [0, 0.1) is 0 Å². The van der Waals surface area contributed by atoms with Crippen molar-refractivity contribution in [2.45, 2.75) is 13.0 Å². The van der Waals surface area contributed by atoms with Gasteiger partial charge in [0.25, 0.3) is 0 Å². The molecule has 1 atom stereocenters. The minimum atomic E-state index is -0.388. The van der Waals surface area contributed by atoms with Crippen molar-refractivity contribution in [2.75, 3.05) is 5.32 Å². The van der Waals surface area contributed by atoms with Gasteiger partial charge in [-0.15, -0.1) is 0 Å². The van der Waals surface area contributed by atoms with Crippen LogP contribution in [0.2, 0.25) is 0 Å². The van der Waals surface area contributed by atoms with Gasteiger partial charge in [-0.25, -0.2) is 19.7 Å². The Labute approximate surface area is 167 Å². The van der Waals surface area contributed by atoms with E-state index in [1.165, 1.54) is 0 Å². The van der Waals surface area contributed by atoms with Crippen molar-refractivity contribution in [2.24, 2.45) is 0 Å². The van der Waals surface area contributed by atoms with Crippen LogP contribution in [0.4, 0.5) is 10.5 Å². The van der Waals surface area contributed by atoms with Crippen molar-refractivity contribution in [3.8, 4) is 11.5 Å². The topological polar surface area (TPSA) is 92.7 Å². The van der Waals surface area contributed by atoms with Crippen LogP contribution in [0.25, 0.3) is 11.5 Å². The third kappa shape index (κ3) is 4.41. The highest BCUT2D eigenvalue weighted by molar-refractivity contribution is 9.13. The molecule has 0 aliphatic carbocycles. The quantitative estimate of drug-likeness (QED) is 0.582. The number of nitrogens with one attached hydrogen (secondary N) is 2. The molecule has 2 aromatic heterocycles. The lowest BCUT2D eigenvalue weighted by Gasteiger charge is -2.16. The van der Waals surface area contributed by atoms with Crippen molar-refractivity contribution < 1.29 is 4.79 Å². The monoisotopic (exact) mass is 476 g/mol. The van der Waals surface area contributed by atoms with Gasteiger partial charge in [0, 0.05) is 39.4 Å². The first-order chi connectivity index (χ1) is 12.5. The molecular weight excluding hydrogens is 464 g/mol. The molecule has 2 N–H and O–H groups in total. The molecule has 0 aliphatic heterocycles. The molecule has 0 radical (unpaired) electrons. The summed E-state index contributed by atoms with van der Waals surface area (Å²) in [6.45, 7) is 1.83. The van der Waals surface area contributed by atoms with E-state index in [9.17, 15) is 4.79 Å². The van der Waals surface area contributed by atoms with E-state index in [1.807, 2.05) is 13.0 Å². The molecule has 0 fully saturated rings. The summed E-state index contributed by atoms with van der Waals surface area (Å²) in [5.41, 5.74) is 1.79. The second-order valence-electron chi connectivity index (χ2n) is 5.31. The van der Waals surface area contributed by atoms with Crippen LogP contribution >= 0.6 is 31.9 Å². The van der Waals surface area contributed by atoms with E-state index in [4.69, 9.17) is 0 Å².